The molecule has 0 unspecified atom stereocenters. The zero-order valence-electron chi connectivity index (χ0n) is 22.2. The molecule has 38 heavy (non-hydrogen) atoms. The van der Waals surface area contributed by atoms with E-state index in [-0.39, 0.29) is 41.9 Å². The maximum absolute atomic E-state index is 14.5. The van der Waals surface area contributed by atoms with Crippen molar-refractivity contribution in [3.05, 3.63) is 65.5 Å². The van der Waals surface area contributed by atoms with Gasteiger partial charge in [0.2, 0.25) is 17.7 Å². The number of benzene rings is 2. The minimum Gasteiger partial charge on any atom is -0.344 e. The van der Waals surface area contributed by atoms with Gasteiger partial charge in [-0.25, -0.2) is 4.39 Å². The Balaban J connectivity index is 1.29. The molecule has 3 amide bonds. The van der Waals surface area contributed by atoms with Crippen molar-refractivity contribution in [3.63, 3.8) is 0 Å². The molecule has 8 heteroatoms. The lowest BCUT2D eigenvalue weighted by molar-refractivity contribution is -0.138. The molecular formula is C30H37FN4O3. The summed E-state index contributed by atoms with van der Waals surface area (Å²) >= 11 is 0. The molecule has 1 atom stereocenters. The number of carbonyl (C=O) groups excluding carboxylic acids is 3. The monoisotopic (exact) mass is 520 g/mol. The summed E-state index contributed by atoms with van der Waals surface area (Å²) in [6.07, 6.45) is 2.85. The van der Waals surface area contributed by atoms with Gasteiger partial charge in [0, 0.05) is 37.2 Å². The van der Waals surface area contributed by atoms with Crippen molar-refractivity contribution >= 4 is 23.4 Å². The van der Waals surface area contributed by atoms with E-state index < -0.39 is 11.5 Å². The average molecular weight is 521 g/mol. The van der Waals surface area contributed by atoms with Crippen LogP contribution in [0.5, 0.6) is 0 Å². The maximum atomic E-state index is 14.5. The topological polar surface area (TPSA) is 81.8 Å². The number of nitrogens with zero attached hydrogens (tertiary/aromatic N) is 2. The fourth-order valence-corrected chi connectivity index (χ4v) is 6.12. The third-order valence-corrected chi connectivity index (χ3v) is 8.44. The largest absolute Gasteiger partial charge is 0.344 e. The number of hydrogen-bond donors (Lipinski definition) is 2. The lowest BCUT2D eigenvalue weighted by atomic mass is 9.86. The van der Waals surface area contributed by atoms with Gasteiger partial charge in [-0.1, -0.05) is 36.4 Å². The quantitative estimate of drug-likeness (QED) is 0.613. The molecule has 0 radical (unpaired) electrons. The summed E-state index contributed by atoms with van der Waals surface area (Å²) in [6, 6.07) is 13.5. The van der Waals surface area contributed by atoms with Crippen molar-refractivity contribution in [1.29, 1.82) is 0 Å². The number of anilines is 1. The van der Waals surface area contributed by atoms with Crippen LogP contribution in [0.2, 0.25) is 0 Å². The first-order chi connectivity index (χ1) is 18.3. The molecule has 2 aromatic rings. The second kappa shape index (κ2) is 10.8. The predicted octanol–water partition coefficient (Wildman–Crippen LogP) is 3.17. The zero-order valence-corrected chi connectivity index (χ0v) is 22.2. The molecule has 7 nitrogen and oxygen atoms in total. The van der Waals surface area contributed by atoms with Crippen LogP contribution >= 0.6 is 0 Å². The lowest BCUT2D eigenvalue weighted by Gasteiger charge is -2.39. The van der Waals surface area contributed by atoms with Gasteiger partial charge in [0.15, 0.2) is 0 Å². The summed E-state index contributed by atoms with van der Waals surface area (Å²) in [5.74, 6) is -0.772. The van der Waals surface area contributed by atoms with Crippen LogP contribution in [0.4, 0.5) is 10.1 Å². The summed E-state index contributed by atoms with van der Waals surface area (Å²) in [5, 5.41) is 6.22. The van der Waals surface area contributed by atoms with Gasteiger partial charge in [-0.3, -0.25) is 14.4 Å². The molecular weight excluding hydrogens is 483 g/mol. The lowest BCUT2D eigenvalue weighted by Crippen LogP contribution is -2.55. The Labute approximate surface area is 223 Å². The Kier molecular flexibility index (Phi) is 7.52. The van der Waals surface area contributed by atoms with E-state index in [2.05, 4.69) is 10.6 Å². The highest BCUT2D eigenvalue weighted by molar-refractivity contribution is 6.08. The molecule has 0 saturated carbocycles. The third kappa shape index (κ3) is 5.06. The van der Waals surface area contributed by atoms with Crippen LogP contribution in [-0.2, 0) is 26.2 Å². The number of carbonyl (C=O) groups is 3. The SMILES string of the molecule is CC1(C)C(=O)N(C2CCN(C(=O)[C@H](Cc3ccccc3F)NC(=O)C3CCNCC3)CC2)c2ccccc21. The van der Waals surface area contributed by atoms with E-state index in [4.69, 9.17) is 0 Å². The molecule has 2 saturated heterocycles. The standard InChI is InChI=1S/C30H37FN4O3/c1-30(2)23-8-4-6-10-26(23)35(29(30)38)22-13-17-34(18-14-22)28(37)25(19-21-7-3-5-9-24(21)31)33-27(36)20-11-15-32-16-12-20/h3-10,20,22,25,32H,11-19H2,1-2H3,(H,33,36)/t25-/m0/s1. The summed E-state index contributed by atoms with van der Waals surface area (Å²) in [7, 11) is 0. The van der Waals surface area contributed by atoms with Crippen LogP contribution in [0.25, 0.3) is 0 Å². The van der Waals surface area contributed by atoms with Gasteiger partial charge in [0.25, 0.3) is 0 Å². The number of amides is 3. The number of fused-ring (bicyclic) bond motifs is 1. The van der Waals surface area contributed by atoms with Crippen molar-refractivity contribution in [2.24, 2.45) is 5.92 Å². The Morgan fingerprint density at radius 2 is 1.68 bits per heavy atom. The zero-order chi connectivity index (χ0) is 26.9. The summed E-state index contributed by atoms with van der Waals surface area (Å²) in [6.45, 7) is 6.43. The van der Waals surface area contributed by atoms with E-state index in [0.717, 1.165) is 37.2 Å². The Bertz CT molecular complexity index is 1200. The van der Waals surface area contributed by atoms with Crippen LogP contribution in [0, 0.1) is 11.7 Å². The highest BCUT2D eigenvalue weighted by Crippen LogP contribution is 2.43. The van der Waals surface area contributed by atoms with Gasteiger partial charge in [-0.05, 0) is 75.9 Å². The molecule has 2 fully saturated rings. The minimum absolute atomic E-state index is 0.00354. The molecule has 2 N–H and O–H groups in total. The fourth-order valence-electron chi connectivity index (χ4n) is 6.12. The first-order valence-corrected chi connectivity index (χ1v) is 13.7. The van der Waals surface area contributed by atoms with Gasteiger partial charge in [0.05, 0.1) is 5.41 Å². The second-order valence-corrected chi connectivity index (χ2v) is 11.3. The highest BCUT2D eigenvalue weighted by atomic mass is 19.1. The van der Waals surface area contributed by atoms with Crippen LogP contribution in [0.15, 0.2) is 48.5 Å². The van der Waals surface area contributed by atoms with E-state index in [1.54, 1.807) is 23.1 Å². The number of likely N-dealkylation sites (tertiary alicyclic amines) is 1. The molecule has 3 aliphatic rings. The average Bonchev–Trinajstić information content (AvgIpc) is 3.14. The van der Waals surface area contributed by atoms with Crippen molar-refractivity contribution in [3.8, 4) is 0 Å². The van der Waals surface area contributed by atoms with Gasteiger partial charge in [-0.2, -0.15) is 0 Å². The molecule has 202 valence electrons. The molecule has 0 aromatic heterocycles. The second-order valence-electron chi connectivity index (χ2n) is 11.3. The predicted molar refractivity (Wildman–Crippen MR) is 144 cm³/mol. The molecule has 2 aromatic carbocycles. The number of halogens is 1. The van der Waals surface area contributed by atoms with Gasteiger partial charge in [-0.15, -0.1) is 0 Å². The fraction of sp³-hybridized carbons (Fsp3) is 0.500. The van der Waals surface area contributed by atoms with E-state index in [1.807, 2.05) is 43.0 Å². The summed E-state index contributed by atoms with van der Waals surface area (Å²) < 4.78 is 14.5. The van der Waals surface area contributed by atoms with E-state index in [1.165, 1.54) is 6.07 Å². The smallest absolute Gasteiger partial charge is 0.245 e. The van der Waals surface area contributed by atoms with Gasteiger partial charge < -0.3 is 20.4 Å². The van der Waals surface area contributed by atoms with Crippen LogP contribution < -0.4 is 15.5 Å². The van der Waals surface area contributed by atoms with Crippen molar-refractivity contribution in [2.45, 2.75) is 63.5 Å². The normalized spacial score (nSPS) is 20.8. The van der Waals surface area contributed by atoms with Gasteiger partial charge >= 0.3 is 0 Å². The summed E-state index contributed by atoms with van der Waals surface area (Å²) in [5.41, 5.74) is 1.83. The molecule has 0 bridgehead atoms. The van der Waals surface area contributed by atoms with Crippen molar-refractivity contribution in [2.75, 3.05) is 31.1 Å². The molecule has 3 aliphatic heterocycles. The number of nitrogens with one attached hydrogen (secondary N) is 2. The Morgan fingerprint density at radius 3 is 2.39 bits per heavy atom. The third-order valence-electron chi connectivity index (χ3n) is 8.44. The number of hydrogen-bond acceptors (Lipinski definition) is 4. The number of rotatable bonds is 6. The molecule has 0 aliphatic carbocycles. The maximum Gasteiger partial charge on any atom is 0.245 e. The van der Waals surface area contributed by atoms with Crippen molar-refractivity contribution < 1.29 is 18.8 Å². The molecule has 0 spiro atoms. The van der Waals surface area contributed by atoms with Crippen molar-refractivity contribution in [1.82, 2.24) is 15.5 Å². The minimum atomic E-state index is -0.834. The van der Waals surface area contributed by atoms with E-state index in [0.29, 0.717) is 31.5 Å². The van der Waals surface area contributed by atoms with Crippen LogP contribution in [0.1, 0.15) is 50.7 Å². The van der Waals surface area contributed by atoms with Gasteiger partial charge in [0.1, 0.15) is 11.9 Å². The van der Waals surface area contributed by atoms with Crippen LogP contribution in [0.3, 0.4) is 0 Å². The van der Waals surface area contributed by atoms with Crippen LogP contribution in [-0.4, -0.2) is 60.9 Å². The molecule has 3 heterocycles. The first kappa shape index (κ1) is 26.4. The first-order valence-electron chi connectivity index (χ1n) is 13.7. The summed E-state index contributed by atoms with van der Waals surface area (Å²) in [4.78, 5) is 43.8. The van der Waals surface area contributed by atoms with E-state index >= 15 is 0 Å². The highest BCUT2D eigenvalue weighted by Gasteiger charge is 2.47. The number of para-hydroxylation sites is 1. The Morgan fingerprint density at radius 1 is 1.03 bits per heavy atom. The van der Waals surface area contributed by atoms with E-state index in [9.17, 15) is 18.8 Å². The number of piperidine rings is 2. The molecule has 5 rings (SSSR count). The Hall–Kier alpha value is -3.26.